The lowest BCUT2D eigenvalue weighted by Gasteiger charge is -2.11. The zero-order valence-electron chi connectivity index (χ0n) is 18.9. The van der Waals surface area contributed by atoms with Gasteiger partial charge in [-0.2, -0.15) is 5.10 Å². The van der Waals surface area contributed by atoms with Crippen molar-refractivity contribution in [2.24, 2.45) is 5.10 Å². The van der Waals surface area contributed by atoms with Gasteiger partial charge in [-0.05, 0) is 67.1 Å². The number of hydrazone groups is 1. The summed E-state index contributed by atoms with van der Waals surface area (Å²) < 4.78 is 24.1. The monoisotopic (exact) mass is 506 g/mol. The van der Waals surface area contributed by atoms with E-state index in [0.717, 1.165) is 5.56 Å². The molecule has 11 heteroatoms. The van der Waals surface area contributed by atoms with Gasteiger partial charge in [-0.25, -0.2) is 14.2 Å². The number of carbonyl (C=O) groups excluding carboxylic acids is 1. The highest BCUT2D eigenvalue weighted by Gasteiger charge is 2.13. The third-order valence-electron chi connectivity index (χ3n) is 4.80. The number of hydrogen-bond acceptors (Lipinski definition) is 9. The summed E-state index contributed by atoms with van der Waals surface area (Å²) in [6, 6.07) is 16.1. The Morgan fingerprint density at radius 1 is 1.14 bits per heavy atom. The first kappa shape index (κ1) is 24.5. The molecule has 1 heterocycles. The summed E-state index contributed by atoms with van der Waals surface area (Å²) in [4.78, 5) is 27.2. The predicted octanol–water partition coefficient (Wildman–Crippen LogP) is 5.92. The average molecular weight is 507 g/mol. The van der Waals surface area contributed by atoms with Gasteiger partial charge in [0.2, 0.25) is 5.13 Å². The molecule has 4 rings (SSSR count). The van der Waals surface area contributed by atoms with Gasteiger partial charge in [-0.3, -0.25) is 15.5 Å². The summed E-state index contributed by atoms with van der Waals surface area (Å²) in [7, 11) is 0. The van der Waals surface area contributed by atoms with Gasteiger partial charge in [0, 0.05) is 23.1 Å². The van der Waals surface area contributed by atoms with Crippen LogP contribution in [0.2, 0.25) is 0 Å². The molecule has 36 heavy (non-hydrogen) atoms. The maximum absolute atomic E-state index is 13.1. The number of esters is 1. The first-order valence-electron chi connectivity index (χ1n) is 10.7. The summed E-state index contributed by atoms with van der Waals surface area (Å²) in [5.74, 6) is -0.499. The van der Waals surface area contributed by atoms with Gasteiger partial charge >= 0.3 is 5.97 Å². The molecule has 0 amide bonds. The second-order valence-corrected chi connectivity index (χ2v) is 8.11. The number of halogens is 1. The van der Waals surface area contributed by atoms with Crippen LogP contribution in [0.5, 0.6) is 11.5 Å². The molecule has 182 valence electrons. The van der Waals surface area contributed by atoms with Gasteiger partial charge in [0.1, 0.15) is 5.82 Å². The van der Waals surface area contributed by atoms with E-state index in [1.54, 1.807) is 43.5 Å². The predicted molar refractivity (Wildman–Crippen MR) is 134 cm³/mol. The van der Waals surface area contributed by atoms with Crippen LogP contribution in [0.15, 0.2) is 77.2 Å². The van der Waals surface area contributed by atoms with Gasteiger partial charge in [-0.1, -0.05) is 0 Å². The molecular weight excluding hydrogens is 487 g/mol. The molecule has 0 saturated carbocycles. The van der Waals surface area contributed by atoms with Crippen LogP contribution < -0.4 is 14.9 Å². The number of nitro groups is 1. The van der Waals surface area contributed by atoms with Gasteiger partial charge in [0.15, 0.2) is 11.5 Å². The summed E-state index contributed by atoms with van der Waals surface area (Å²) in [5.41, 5.74) is 5.17. The topological polar surface area (TPSA) is 116 Å². The second kappa shape index (κ2) is 11.2. The van der Waals surface area contributed by atoms with Crippen LogP contribution in [0.4, 0.5) is 15.2 Å². The molecule has 0 spiro atoms. The van der Waals surface area contributed by atoms with Crippen molar-refractivity contribution >= 4 is 34.3 Å². The Bertz CT molecular complexity index is 1400. The number of hydrogen-bond donors (Lipinski definition) is 1. The Balaban J connectivity index is 1.42. The molecule has 0 aliphatic rings. The summed E-state index contributed by atoms with van der Waals surface area (Å²) in [5, 5.41) is 17.3. The van der Waals surface area contributed by atoms with Crippen LogP contribution in [0, 0.1) is 15.9 Å². The summed E-state index contributed by atoms with van der Waals surface area (Å²) in [6.45, 7) is 2.16. The number of nitrogens with zero attached hydrogens (tertiary/aromatic N) is 3. The minimum Gasteiger partial charge on any atom is -0.490 e. The molecule has 9 nitrogen and oxygen atoms in total. The van der Waals surface area contributed by atoms with Crippen LogP contribution in [0.3, 0.4) is 0 Å². The molecule has 0 atom stereocenters. The first-order valence-corrected chi connectivity index (χ1v) is 11.5. The maximum Gasteiger partial charge on any atom is 0.343 e. The molecule has 1 N–H and O–H groups in total. The number of thiazole rings is 1. The molecular formula is C25H19FN4O5S. The molecule has 4 aromatic rings. The van der Waals surface area contributed by atoms with E-state index in [2.05, 4.69) is 15.5 Å². The van der Waals surface area contributed by atoms with E-state index in [0.29, 0.717) is 28.7 Å². The number of non-ortho nitro benzene ring substituents is 1. The highest BCUT2D eigenvalue weighted by Crippen LogP contribution is 2.29. The zero-order chi connectivity index (χ0) is 25.5. The fourth-order valence-corrected chi connectivity index (χ4v) is 3.74. The van der Waals surface area contributed by atoms with Crippen molar-refractivity contribution in [3.05, 3.63) is 99.2 Å². The van der Waals surface area contributed by atoms with E-state index in [1.165, 1.54) is 47.7 Å². The van der Waals surface area contributed by atoms with E-state index in [1.807, 2.05) is 5.38 Å². The average Bonchev–Trinajstić information content (AvgIpc) is 3.35. The number of benzene rings is 3. The number of nitro benzene ring substituents is 1. The molecule has 0 radical (unpaired) electrons. The molecule has 0 unspecified atom stereocenters. The number of anilines is 1. The van der Waals surface area contributed by atoms with Gasteiger partial charge < -0.3 is 9.47 Å². The van der Waals surface area contributed by atoms with Gasteiger partial charge in [-0.15, -0.1) is 11.3 Å². The minimum absolute atomic E-state index is 0.0135. The Labute approximate surface area is 209 Å². The van der Waals surface area contributed by atoms with E-state index in [9.17, 15) is 19.3 Å². The molecule has 3 aromatic carbocycles. The first-order chi connectivity index (χ1) is 17.4. The highest BCUT2D eigenvalue weighted by molar-refractivity contribution is 7.14. The van der Waals surface area contributed by atoms with Crippen molar-refractivity contribution in [1.82, 2.24) is 4.98 Å². The number of carbonyl (C=O) groups is 1. The fourth-order valence-electron chi connectivity index (χ4n) is 3.08. The molecule has 1 aromatic heterocycles. The largest absolute Gasteiger partial charge is 0.490 e. The van der Waals surface area contributed by atoms with Crippen LogP contribution in [0.1, 0.15) is 22.8 Å². The molecule has 0 bridgehead atoms. The van der Waals surface area contributed by atoms with Crippen molar-refractivity contribution in [2.45, 2.75) is 6.92 Å². The van der Waals surface area contributed by atoms with E-state index in [-0.39, 0.29) is 17.0 Å². The van der Waals surface area contributed by atoms with E-state index in [4.69, 9.17) is 9.47 Å². The minimum atomic E-state index is -0.633. The SMILES string of the molecule is CCOc1cc(/C=N\Nc2nc(-c3ccc([N+](=O)[O-])cc3)cs2)ccc1OC(=O)c1ccc(F)cc1. The Morgan fingerprint density at radius 3 is 2.58 bits per heavy atom. The lowest BCUT2D eigenvalue weighted by atomic mass is 10.1. The van der Waals surface area contributed by atoms with Crippen LogP contribution in [0.25, 0.3) is 11.3 Å². The maximum atomic E-state index is 13.1. The number of nitrogens with one attached hydrogen (secondary N) is 1. The van der Waals surface area contributed by atoms with Crippen molar-refractivity contribution < 1.29 is 23.6 Å². The fraction of sp³-hybridized carbons (Fsp3) is 0.0800. The van der Waals surface area contributed by atoms with Crippen LogP contribution in [-0.2, 0) is 0 Å². The second-order valence-electron chi connectivity index (χ2n) is 7.25. The summed E-state index contributed by atoms with van der Waals surface area (Å²) >= 11 is 1.33. The van der Waals surface area contributed by atoms with Gasteiger partial charge in [0.05, 0.1) is 29.0 Å². The number of aromatic nitrogens is 1. The lowest BCUT2D eigenvalue weighted by Crippen LogP contribution is -2.10. The molecule has 0 aliphatic heterocycles. The Morgan fingerprint density at radius 2 is 1.89 bits per heavy atom. The van der Waals surface area contributed by atoms with Crippen molar-refractivity contribution in [2.75, 3.05) is 12.0 Å². The molecule has 0 fully saturated rings. The zero-order valence-corrected chi connectivity index (χ0v) is 19.7. The van der Waals surface area contributed by atoms with E-state index >= 15 is 0 Å². The molecule has 0 aliphatic carbocycles. The van der Waals surface area contributed by atoms with Crippen LogP contribution >= 0.6 is 11.3 Å². The van der Waals surface area contributed by atoms with E-state index < -0.39 is 16.7 Å². The van der Waals surface area contributed by atoms with Crippen LogP contribution in [-0.4, -0.2) is 28.7 Å². The number of ether oxygens (including phenoxy) is 2. The van der Waals surface area contributed by atoms with Crippen molar-refractivity contribution in [1.29, 1.82) is 0 Å². The number of rotatable bonds is 9. The standard InChI is InChI=1S/C25H19FN4O5S/c1-2-34-23-13-16(3-12-22(23)35-24(31)18-4-8-19(26)9-5-18)14-27-29-25-28-21(15-36-25)17-6-10-20(11-7-17)30(32)33/h3-15H,2H2,1H3,(H,28,29)/b27-14-. The normalized spacial score (nSPS) is 10.8. The smallest absolute Gasteiger partial charge is 0.343 e. The van der Waals surface area contributed by atoms with Gasteiger partial charge in [0.25, 0.3) is 5.69 Å². The summed E-state index contributed by atoms with van der Waals surface area (Å²) in [6.07, 6.45) is 1.56. The quantitative estimate of drug-likeness (QED) is 0.0984. The third kappa shape index (κ3) is 6.07. The lowest BCUT2D eigenvalue weighted by molar-refractivity contribution is -0.384. The van der Waals surface area contributed by atoms with Crippen molar-refractivity contribution in [3.63, 3.8) is 0 Å². The highest BCUT2D eigenvalue weighted by atomic mass is 32.1. The third-order valence-corrected chi connectivity index (χ3v) is 5.55. The molecule has 0 saturated heterocycles. The Hall–Kier alpha value is -4.64. The van der Waals surface area contributed by atoms with Crippen molar-refractivity contribution in [3.8, 4) is 22.8 Å². The Kier molecular flexibility index (Phi) is 7.61.